The van der Waals surface area contributed by atoms with E-state index in [1.165, 1.54) is 17.5 Å². The average molecular weight is 349 g/mol. The Labute approximate surface area is 156 Å². The van der Waals surface area contributed by atoms with Crippen molar-refractivity contribution < 1.29 is 4.39 Å². The Balaban J connectivity index is 1.90. The van der Waals surface area contributed by atoms with Crippen LogP contribution in [-0.2, 0) is 0 Å². The molecular formula is C25H16FN. The van der Waals surface area contributed by atoms with E-state index in [0.717, 1.165) is 38.7 Å². The quantitative estimate of drug-likeness (QED) is 0.317. The Morgan fingerprint density at radius 1 is 0.630 bits per heavy atom. The number of pyridine rings is 1. The number of halogens is 1. The lowest BCUT2D eigenvalue weighted by Crippen LogP contribution is -1.91. The van der Waals surface area contributed by atoms with Gasteiger partial charge in [0.15, 0.2) is 0 Å². The number of aromatic nitrogens is 1. The normalized spacial score (nSPS) is 11.1. The first-order valence-electron chi connectivity index (χ1n) is 8.93. The molecule has 0 fully saturated rings. The fourth-order valence-electron chi connectivity index (χ4n) is 3.62. The first-order valence-corrected chi connectivity index (χ1v) is 8.93. The zero-order chi connectivity index (χ0) is 18.2. The van der Waals surface area contributed by atoms with Crippen LogP contribution in [0.4, 0.5) is 4.39 Å². The highest BCUT2D eigenvalue weighted by Crippen LogP contribution is 2.36. The van der Waals surface area contributed by atoms with Crippen LogP contribution in [0.15, 0.2) is 97.1 Å². The lowest BCUT2D eigenvalue weighted by atomic mass is 9.94. The molecule has 1 aromatic heterocycles. The van der Waals surface area contributed by atoms with Crippen LogP contribution in [0.3, 0.4) is 0 Å². The maximum Gasteiger partial charge on any atom is 0.123 e. The minimum absolute atomic E-state index is 0.231. The summed E-state index contributed by atoms with van der Waals surface area (Å²) >= 11 is 0. The molecule has 0 aliphatic carbocycles. The van der Waals surface area contributed by atoms with Crippen LogP contribution in [0.2, 0.25) is 0 Å². The first-order chi connectivity index (χ1) is 13.3. The molecule has 0 saturated carbocycles. The van der Waals surface area contributed by atoms with Crippen molar-refractivity contribution in [3.8, 4) is 22.4 Å². The van der Waals surface area contributed by atoms with E-state index < -0.39 is 0 Å². The summed E-state index contributed by atoms with van der Waals surface area (Å²) < 4.78 is 13.5. The van der Waals surface area contributed by atoms with Gasteiger partial charge in [0, 0.05) is 10.9 Å². The van der Waals surface area contributed by atoms with E-state index in [2.05, 4.69) is 42.5 Å². The van der Waals surface area contributed by atoms with E-state index in [-0.39, 0.29) is 5.82 Å². The van der Waals surface area contributed by atoms with E-state index >= 15 is 0 Å². The molecule has 128 valence electrons. The predicted octanol–water partition coefficient (Wildman–Crippen LogP) is 6.86. The first kappa shape index (κ1) is 15.7. The van der Waals surface area contributed by atoms with Gasteiger partial charge >= 0.3 is 0 Å². The van der Waals surface area contributed by atoms with Crippen molar-refractivity contribution in [2.24, 2.45) is 0 Å². The molecule has 0 unspecified atom stereocenters. The molecule has 27 heavy (non-hydrogen) atoms. The third-order valence-corrected chi connectivity index (χ3v) is 4.92. The summed E-state index contributed by atoms with van der Waals surface area (Å²) in [6, 6.07) is 31.4. The zero-order valence-corrected chi connectivity index (χ0v) is 14.6. The molecule has 0 aliphatic heterocycles. The second-order valence-electron chi connectivity index (χ2n) is 6.61. The molecule has 0 atom stereocenters. The number of hydrogen-bond acceptors (Lipinski definition) is 1. The Kier molecular flexibility index (Phi) is 3.68. The highest BCUT2D eigenvalue weighted by Gasteiger charge is 2.12. The Bertz CT molecular complexity index is 1260. The SMILES string of the molecule is Fc1ccc(-c2cc(-c3ccccc3)nc3ccc4ccccc4c23)cc1. The van der Waals surface area contributed by atoms with E-state index in [1.54, 1.807) is 0 Å². The Morgan fingerprint density at radius 3 is 2.19 bits per heavy atom. The lowest BCUT2D eigenvalue weighted by Gasteiger charge is -2.13. The third-order valence-electron chi connectivity index (χ3n) is 4.92. The minimum Gasteiger partial charge on any atom is -0.248 e. The van der Waals surface area contributed by atoms with Crippen LogP contribution < -0.4 is 0 Å². The van der Waals surface area contributed by atoms with Gasteiger partial charge in [-0.1, -0.05) is 72.8 Å². The van der Waals surface area contributed by atoms with Crippen LogP contribution in [0.25, 0.3) is 44.1 Å². The van der Waals surface area contributed by atoms with Gasteiger partial charge in [0.25, 0.3) is 0 Å². The third kappa shape index (κ3) is 2.76. The van der Waals surface area contributed by atoms with Crippen LogP contribution in [0.1, 0.15) is 0 Å². The van der Waals surface area contributed by atoms with Crippen LogP contribution >= 0.6 is 0 Å². The number of fused-ring (bicyclic) bond motifs is 3. The molecule has 1 nitrogen and oxygen atoms in total. The molecule has 5 aromatic rings. The Morgan fingerprint density at radius 2 is 1.37 bits per heavy atom. The van der Waals surface area contributed by atoms with Crippen molar-refractivity contribution in [3.05, 3.63) is 103 Å². The van der Waals surface area contributed by atoms with Crippen molar-refractivity contribution in [2.45, 2.75) is 0 Å². The summed E-state index contributed by atoms with van der Waals surface area (Å²) in [6.45, 7) is 0. The molecule has 5 rings (SSSR count). The molecule has 2 heteroatoms. The van der Waals surface area contributed by atoms with Gasteiger partial charge in [-0.25, -0.2) is 9.37 Å². The molecule has 0 aliphatic rings. The highest BCUT2D eigenvalue weighted by atomic mass is 19.1. The van der Waals surface area contributed by atoms with Gasteiger partial charge in [0.05, 0.1) is 11.2 Å². The fraction of sp³-hybridized carbons (Fsp3) is 0. The van der Waals surface area contributed by atoms with E-state index in [9.17, 15) is 4.39 Å². The molecular weight excluding hydrogens is 333 g/mol. The maximum atomic E-state index is 13.5. The van der Waals surface area contributed by atoms with Crippen LogP contribution in [0.5, 0.6) is 0 Å². The second-order valence-corrected chi connectivity index (χ2v) is 6.61. The largest absolute Gasteiger partial charge is 0.248 e. The van der Waals surface area contributed by atoms with Gasteiger partial charge in [0.2, 0.25) is 0 Å². The van der Waals surface area contributed by atoms with Gasteiger partial charge in [-0.05, 0) is 46.2 Å². The topological polar surface area (TPSA) is 12.9 Å². The van der Waals surface area contributed by atoms with Crippen molar-refractivity contribution in [1.29, 1.82) is 0 Å². The second kappa shape index (κ2) is 6.33. The number of benzene rings is 4. The summed E-state index contributed by atoms with van der Waals surface area (Å²) in [7, 11) is 0. The molecule has 0 saturated heterocycles. The van der Waals surface area contributed by atoms with Gasteiger partial charge in [0.1, 0.15) is 5.82 Å². The number of rotatable bonds is 2. The zero-order valence-electron chi connectivity index (χ0n) is 14.6. The Hall–Kier alpha value is -3.52. The highest BCUT2D eigenvalue weighted by molar-refractivity contribution is 6.13. The summed E-state index contributed by atoms with van der Waals surface area (Å²) in [5, 5.41) is 3.42. The van der Waals surface area contributed by atoms with Gasteiger partial charge in [-0.3, -0.25) is 0 Å². The summed E-state index contributed by atoms with van der Waals surface area (Å²) in [4.78, 5) is 4.93. The monoisotopic (exact) mass is 349 g/mol. The minimum atomic E-state index is -0.231. The summed E-state index contributed by atoms with van der Waals surface area (Å²) in [5.41, 5.74) is 4.97. The van der Waals surface area contributed by atoms with Crippen LogP contribution in [-0.4, -0.2) is 4.98 Å². The van der Waals surface area contributed by atoms with Gasteiger partial charge < -0.3 is 0 Å². The van der Waals surface area contributed by atoms with Crippen molar-refractivity contribution >= 4 is 21.7 Å². The summed E-state index contributed by atoms with van der Waals surface area (Å²) in [6.07, 6.45) is 0. The average Bonchev–Trinajstić information content (AvgIpc) is 2.74. The van der Waals surface area contributed by atoms with E-state index in [4.69, 9.17) is 4.98 Å². The molecule has 1 heterocycles. The van der Waals surface area contributed by atoms with Crippen molar-refractivity contribution in [3.63, 3.8) is 0 Å². The van der Waals surface area contributed by atoms with E-state index in [1.807, 2.05) is 42.5 Å². The molecule has 0 bridgehead atoms. The molecule has 4 aromatic carbocycles. The molecule has 0 N–H and O–H groups in total. The lowest BCUT2D eigenvalue weighted by molar-refractivity contribution is 0.628. The van der Waals surface area contributed by atoms with Gasteiger partial charge in [-0.2, -0.15) is 0 Å². The van der Waals surface area contributed by atoms with Crippen molar-refractivity contribution in [1.82, 2.24) is 4.98 Å². The number of hydrogen-bond donors (Lipinski definition) is 0. The van der Waals surface area contributed by atoms with E-state index in [0.29, 0.717) is 0 Å². The molecule has 0 amide bonds. The predicted molar refractivity (Wildman–Crippen MR) is 110 cm³/mol. The van der Waals surface area contributed by atoms with Gasteiger partial charge in [-0.15, -0.1) is 0 Å². The smallest absolute Gasteiger partial charge is 0.123 e. The number of nitrogens with zero attached hydrogens (tertiary/aromatic N) is 1. The summed E-state index contributed by atoms with van der Waals surface area (Å²) in [5.74, 6) is -0.231. The standard InChI is InChI=1S/C25H16FN/c26-20-13-10-18(11-14-20)22-16-24(19-7-2-1-3-8-19)27-23-15-12-17-6-4-5-9-21(17)25(22)23/h1-16H. The molecule has 0 radical (unpaired) electrons. The molecule has 0 spiro atoms. The van der Waals surface area contributed by atoms with Crippen LogP contribution in [0, 0.1) is 5.82 Å². The maximum absolute atomic E-state index is 13.5. The fourth-order valence-corrected chi connectivity index (χ4v) is 3.62. The van der Waals surface area contributed by atoms with Crippen molar-refractivity contribution in [2.75, 3.05) is 0 Å².